The van der Waals surface area contributed by atoms with Crippen molar-refractivity contribution in [3.63, 3.8) is 0 Å². The van der Waals surface area contributed by atoms with Crippen LogP contribution in [0.2, 0.25) is 5.02 Å². The summed E-state index contributed by atoms with van der Waals surface area (Å²) in [5.74, 6) is 0.845. The molecule has 23 heavy (non-hydrogen) atoms. The molecular formula is C13H8ClN5O3S. The molecule has 116 valence electrons. The summed E-state index contributed by atoms with van der Waals surface area (Å²) in [7, 11) is 0. The van der Waals surface area contributed by atoms with Crippen molar-refractivity contribution in [3.8, 4) is 11.6 Å². The fourth-order valence-corrected chi connectivity index (χ4v) is 2.17. The van der Waals surface area contributed by atoms with E-state index in [9.17, 15) is 10.1 Å². The number of furan rings is 1. The van der Waals surface area contributed by atoms with Crippen molar-refractivity contribution in [1.82, 2.24) is 14.9 Å². The third kappa shape index (κ3) is 3.05. The summed E-state index contributed by atoms with van der Waals surface area (Å²) < 4.78 is 6.84. The van der Waals surface area contributed by atoms with Gasteiger partial charge in [0.15, 0.2) is 5.76 Å². The Labute approximate surface area is 139 Å². The number of hydrogen-bond donors (Lipinski definition) is 1. The highest BCUT2D eigenvalue weighted by molar-refractivity contribution is 7.71. The first kappa shape index (κ1) is 15.1. The van der Waals surface area contributed by atoms with Crippen LogP contribution in [0.4, 0.5) is 5.69 Å². The molecule has 0 saturated heterocycles. The number of rotatable bonds is 4. The summed E-state index contributed by atoms with van der Waals surface area (Å²) >= 11 is 11.1. The summed E-state index contributed by atoms with van der Waals surface area (Å²) in [4.78, 5) is 10.3. The van der Waals surface area contributed by atoms with E-state index in [0.29, 0.717) is 22.2 Å². The highest BCUT2D eigenvalue weighted by atomic mass is 35.5. The van der Waals surface area contributed by atoms with Crippen molar-refractivity contribution in [2.75, 3.05) is 0 Å². The van der Waals surface area contributed by atoms with E-state index < -0.39 is 4.92 Å². The molecule has 3 aromatic rings. The molecule has 0 unspecified atom stereocenters. The van der Waals surface area contributed by atoms with E-state index in [1.807, 2.05) is 0 Å². The van der Waals surface area contributed by atoms with Gasteiger partial charge in [0.05, 0.1) is 17.4 Å². The number of aromatic nitrogens is 3. The van der Waals surface area contributed by atoms with Gasteiger partial charge in [-0.15, -0.1) is 5.10 Å². The van der Waals surface area contributed by atoms with Gasteiger partial charge in [-0.05, 0) is 30.4 Å². The Balaban J connectivity index is 2.02. The lowest BCUT2D eigenvalue weighted by atomic mass is 10.2. The normalized spacial score (nSPS) is 11.2. The third-order valence-corrected chi connectivity index (χ3v) is 3.50. The maximum absolute atomic E-state index is 10.8. The average Bonchev–Trinajstić information content (AvgIpc) is 3.16. The maximum atomic E-state index is 10.8. The van der Waals surface area contributed by atoms with Crippen molar-refractivity contribution < 1.29 is 9.34 Å². The van der Waals surface area contributed by atoms with Crippen LogP contribution in [0, 0.1) is 14.9 Å². The van der Waals surface area contributed by atoms with E-state index in [0.717, 1.165) is 0 Å². The van der Waals surface area contributed by atoms with Gasteiger partial charge in [-0.1, -0.05) is 11.6 Å². The van der Waals surface area contributed by atoms with Gasteiger partial charge < -0.3 is 4.42 Å². The third-order valence-electron chi connectivity index (χ3n) is 2.89. The lowest BCUT2D eigenvalue weighted by Crippen LogP contribution is -1.96. The zero-order valence-corrected chi connectivity index (χ0v) is 12.9. The second-order valence-corrected chi connectivity index (χ2v) is 5.14. The predicted octanol–water partition coefficient (Wildman–Crippen LogP) is 3.64. The summed E-state index contributed by atoms with van der Waals surface area (Å²) in [6, 6.07) is 7.48. The first-order valence-electron chi connectivity index (χ1n) is 6.26. The largest absolute Gasteiger partial charge is 0.461 e. The Bertz CT molecular complexity index is 945. The van der Waals surface area contributed by atoms with Gasteiger partial charge in [0.1, 0.15) is 0 Å². The number of benzene rings is 1. The maximum Gasteiger partial charge on any atom is 0.270 e. The molecule has 0 fully saturated rings. The van der Waals surface area contributed by atoms with Crippen LogP contribution in [-0.2, 0) is 0 Å². The smallest absolute Gasteiger partial charge is 0.270 e. The van der Waals surface area contributed by atoms with Crippen LogP contribution in [0.3, 0.4) is 0 Å². The molecule has 0 atom stereocenters. The number of H-pyrrole nitrogens is 1. The van der Waals surface area contributed by atoms with Gasteiger partial charge in [-0.25, -0.2) is 5.10 Å². The molecule has 2 aromatic heterocycles. The highest BCUT2D eigenvalue weighted by Crippen LogP contribution is 2.21. The molecule has 0 aliphatic rings. The lowest BCUT2D eigenvalue weighted by Gasteiger charge is -1.99. The van der Waals surface area contributed by atoms with E-state index in [2.05, 4.69) is 15.3 Å². The molecule has 1 N–H and O–H groups in total. The Morgan fingerprint density at radius 1 is 1.48 bits per heavy atom. The fourth-order valence-electron chi connectivity index (χ4n) is 1.83. The van der Waals surface area contributed by atoms with E-state index in [-0.39, 0.29) is 10.5 Å². The second-order valence-electron chi connectivity index (χ2n) is 4.35. The summed E-state index contributed by atoms with van der Waals surface area (Å²) in [5.41, 5.74) is 0.298. The van der Waals surface area contributed by atoms with Gasteiger partial charge in [0.25, 0.3) is 5.69 Å². The van der Waals surface area contributed by atoms with Gasteiger partial charge in [0.2, 0.25) is 10.6 Å². The minimum Gasteiger partial charge on any atom is -0.461 e. The molecule has 0 amide bonds. The van der Waals surface area contributed by atoms with Crippen LogP contribution in [0.25, 0.3) is 11.6 Å². The number of halogens is 1. The molecule has 0 radical (unpaired) electrons. The summed E-state index contributed by atoms with van der Waals surface area (Å²) in [5, 5.41) is 22.0. The predicted molar refractivity (Wildman–Crippen MR) is 86.2 cm³/mol. The standard InChI is InChI=1S/C13H8ClN5O3S/c14-10-4-3-9(19(20)21)6-8(10)7-15-18-12(16-17-13(18)23)11-2-1-5-22-11/h1-7H,(H,17,23)/b15-7-. The second kappa shape index (κ2) is 6.15. The molecule has 2 heterocycles. The molecule has 8 nitrogen and oxygen atoms in total. The van der Waals surface area contributed by atoms with Crippen LogP contribution in [0.1, 0.15) is 5.56 Å². The number of non-ortho nitro benzene ring substituents is 1. The van der Waals surface area contributed by atoms with Crippen molar-refractivity contribution in [2.45, 2.75) is 0 Å². The Hall–Kier alpha value is -2.78. The monoisotopic (exact) mass is 349 g/mol. The highest BCUT2D eigenvalue weighted by Gasteiger charge is 2.12. The van der Waals surface area contributed by atoms with Crippen LogP contribution in [-0.4, -0.2) is 26.0 Å². The Morgan fingerprint density at radius 3 is 3.00 bits per heavy atom. The summed E-state index contributed by atoms with van der Waals surface area (Å²) in [6.07, 6.45) is 2.87. The quantitative estimate of drug-likeness (QED) is 0.335. The number of nitrogens with zero attached hydrogens (tertiary/aromatic N) is 4. The number of hydrogen-bond acceptors (Lipinski definition) is 6. The van der Waals surface area contributed by atoms with Crippen molar-refractivity contribution in [2.24, 2.45) is 5.10 Å². The fraction of sp³-hybridized carbons (Fsp3) is 0. The molecule has 0 saturated carbocycles. The molecular weight excluding hydrogens is 342 g/mol. The zero-order valence-electron chi connectivity index (χ0n) is 11.3. The Morgan fingerprint density at radius 2 is 2.30 bits per heavy atom. The van der Waals surface area contributed by atoms with Crippen molar-refractivity contribution in [3.05, 3.63) is 62.1 Å². The van der Waals surface area contributed by atoms with Gasteiger partial charge >= 0.3 is 0 Å². The van der Waals surface area contributed by atoms with Crippen LogP contribution < -0.4 is 0 Å². The lowest BCUT2D eigenvalue weighted by molar-refractivity contribution is -0.384. The van der Waals surface area contributed by atoms with Crippen LogP contribution in [0.5, 0.6) is 0 Å². The van der Waals surface area contributed by atoms with Gasteiger partial charge in [0, 0.05) is 22.7 Å². The van der Waals surface area contributed by atoms with Crippen molar-refractivity contribution in [1.29, 1.82) is 0 Å². The molecule has 0 aliphatic carbocycles. The number of aromatic amines is 1. The SMILES string of the molecule is O=[N+]([O-])c1ccc(Cl)c(/C=N\n2c(-c3ccco3)n[nH]c2=S)c1. The van der Waals surface area contributed by atoms with E-state index in [4.69, 9.17) is 28.2 Å². The first-order valence-corrected chi connectivity index (χ1v) is 7.04. The van der Waals surface area contributed by atoms with E-state index in [1.165, 1.54) is 35.4 Å². The summed E-state index contributed by atoms with van der Waals surface area (Å²) in [6.45, 7) is 0. The van der Waals surface area contributed by atoms with Crippen LogP contribution >= 0.6 is 23.8 Å². The molecule has 3 rings (SSSR count). The average molecular weight is 350 g/mol. The number of nitro groups is 1. The molecule has 1 aromatic carbocycles. The van der Waals surface area contributed by atoms with E-state index in [1.54, 1.807) is 12.1 Å². The topological polar surface area (TPSA) is 102 Å². The number of nitro benzene ring substituents is 1. The molecule has 10 heteroatoms. The number of nitrogens with one attached hydrogen (secondary N) is 1. The first-order chi connectivity index (χ1) is 11.1. The minimum absolute atomic E-state index is 0.0853. The van der Waals surface area contributed by atoms with E-state index >= 15 is 0 Å². The van der Waals surface area contributed by atoms with Crippen molar-refractivity contribution >= 4 is 35.7 Å². The van der Waals surface area contributed by atoms with Gasteiger partial charge in [-0.3, -0.25) is 10.1 Å². The zero-order chi connectivity index (χ0) is 16.4. The van der Waals surface area contributed by atoms with Gasteiger partial charge in [-0.2, -0.15) is 9.78 Å². The molecule has 0 spiro atoms. The molecule has 0 bridgehead atoms. The minimum atomic E-state index is -0.508. The Kier molecular flexibility index (Phi) is 4.04. The van der Waals surface area contributed by atoms with Crippen LogP contribution in [0.15, 0.2) is 46.1 Å². The molecule has 0 aliphatic heterocycles.